The summed E-state index contributed by atoms with van der Waals surface area (Å²) in [6, 6.07) is 4.14. The second-order valence-corrected chi connectivity index (χ2v) is 4.69. The van der Waals surface area contributed by atoms with Crippen LogP contribution in [0.2, 0.25) is 0 Å². The van der Waals surface area contributed by atoms with E-state index in [4.69, 9.17) is 5.11 Å². The lowest BCUT2D eigenvalue weighted by Gasteiger charge is -2.05. The number of benzene rings is 1. The van der Waals surface area contributed by atoms with Crippen LogP contribution in [0.25, 0.3) is 11.4 Å². The SMILES string of the molecule is Cn1c(SCC(=O)O)nnc1-c1ccc(O)cc1O. The minimum atomic E-state index is -0.943. The number of nitrogens with zero attached hydrogens (tertiary/aromatic N) is 3. The number of aromatic nitrogens is 3. The zero-order valence-corrected chi connectivity index (χ0v) is 10.8. The fourth-order valence-electron chi connectivity index (χ4n) is 1.51. The zero-order valence-electron chi connectivity index (χ0n) is 9.94. The molecule has 0 fully saturated rings. The molecule has 1 heterocycles. The molecular weight excluding hydrogens is 270 g/mol. The van der Waals surface area contributed by atoms with Gasteiger partial charge >= 0.3 is 5.97 Å². The molecule has 3 N–H and O–H groups in total. The maximum absolute atomic E-state index is 10.5. The first-order valence-corrected chi connectivity index (χ1v) is 6.24. The Morgan fingerprint density at radius 2 is 2.11 bits per heavy atom. The summed E-state index contributed by atoms with van der Waals surface area (Å²) in [4.78, 5) is 10.5. The fourth-order valence-corrected chi connectivity index (χ4v) is 2.14. The van der Waals surface area contributed by atoms with E-state index >= 15 is 0 Å². The van der Waals surface area contributed by atoms with Crippen LogP contribution >= 0.6 is 11.8 Å². The summed E-state index contributed by atoms with van der Waals surface area (Å²) in [5, 5.41) is 35.8. The van der Waals surface area contributed by atoms with E-state index in [0.717, 1.165) is 11.8 Å². The molecule has 0 atom stereocenters. The summed E-state index contributed by atoms with van der Waals surface area (Å²) >= 11 is 1.04. The van der Waals surface area contributed by atoms with Crippen LogP contribution < -0.4 is 0 Å². The van der Waals surface area contributed by atoms with Gasteiger partial charge in [0.2, 0.25) is 0 Å². The molecular formula is C11H11N3O4S. The Morgan fingerprint density at radius 3 is 2.74 bits per heavy atom. The molecule has 0 aliphatic rings. The average molecular weight is 281 g/mol. The van der Waals surface area contributed by atoms with Gasteiger partial charge in [0.05, 0.1) is 11.3 Å². The molecule has 0 saturated heterocycles. The summed E-state index contributed by atoms with van der Waals surface area (Å²) in [6.45, 7) is 0. The van der Waals surface area contributed by atoms with Crippen LogP contribution in [0.3, 0.4) is 0 Å². The Labute approximate surface area is 112 Å². The Hall–Kier alpha value is -2.22. The highest BCUT2D eigenvalue weighted by Crippen LogP contribution is 2.32. The van der Waals surface area contributed by atoms with Gasteiger partial charge in [0.15, 0.2) is 11.0 Å². The molecule has 0 radical (unpaired) electrons. The standard InChI is InChI=1S/C11H11N3O4S/c1-14-10(7-3-2-6(15)4-8(7)16)12-13-11(14)19-5-9(17)18/h2-4,15-16H,5H2,1H3,(H,17,18). The van der Waals surface area contributed by atoms with Crippen LogP contribution in [0.4, 0.5) is 0 Å². The van der Waals surface area contributed by atoms with Gasteiger partial charge in [-0.05, 0) is 12.1 Å². The molecule has 19 heavy (non-hydrogen) atoms. The van der Waals surface area contributed by atoms with Crippen molar-refractivity contribution in [3.63, 3.8) is 0 Å². The van der Waals surface area contributed by atoms with E-state index in [-0.39, 0.29) is 17.3 Å². The average Bonchev–Trinajstić information content (AvgIpc) is 2.68. The zero-order chi connectivity index (χ0) is 14.0. The molecule has 0 unspecified atom stereocenters. The second-order valence-electron chi connectivity index (χ2n) is 3.75. The van der Waals surface area contributed by atoms with Crippen LogP contribution in [-0.2, 0) is 11.8 Å². The summed E-state index contributed by atoms with van der Waals surface area (Å²) in [5.41, 5.74) is 0.412. The Balaban J connectivity index is 2.33. The molecule has 0 aliphatic heterocycles. The van der Waals surface area contributed by atoms with E-state index in [2.05, 4.69) is 10.2 Å². The number of phenolic OH excluding ortho intramolecular Hbond substituents is 2. The van der Waals surface area contributed by atoms with E-state index in [1.54, 1.807) is 11.6 Å². The van der Waals surface area contributed by atoms with Gasteiger partial charge in [-0.25, -0.2) is 0 Å². The monoisotopic (exact) mass is 281 g/mol. The van der Waals surface area contributed by atoms with Gasteiger partial charge in [0.1, 0.15) is 11.5 Å². The number of carboxylic acids is 1. The predicted molar refractivity (Wildman–Crippen MR) is 68.1 cm³/mol. The first kappa shape index (κ1) is 13.2. The van der Waals surface area contributed by atoms with Crippen molar-refractivity contribution < 1.29 is 20.1 Å². The molecule has 0 amide bonds. The lowest BCUT2D eigenvalue weighted by molar-refractivity contribution is -0.133. The maximum atomic E-state index is 10.5. The van der Waals surface area contributed by atoms with Crippen molar-refractivity contribution in [1.82, 2.24) is 14.8 Å². The molecule has 7 nitrogen and oxygen atoms in total. The third-order valence-electron chi connectivity index (χ3n) is 2.38. The van der Waals surface area contributed by atoms with Gasteiger partial charge in [-0.3, -0.25) is 4.79 Å². The fraction of sp³-hybridized carbons (Fsp3) is 0.182. The molecule has 0 spiro atoms. The number of hydrogen-bond donors (Lipinski definition) is 3. The smallest absolute Gasteiger partial charge is 0.313 e. The van der Waals surface area contributed by atoms with E-state index in [0.29, 0.717) is 16.5 Å². The van der Waals surface area contributed by atoms with E-state index < -0.39 is 5.97 Å². The summed E-state index contributed by atoms with van der Waals surface area (Å²) in [6.07, 6.45) is 0. The van der Waals surface area contributed by atoms with Crippen molar-refractivity contribution >= 4 is 17.7 Å². The Kier molecular flexibility index (Phi) is 3.61. The van der Waals surface area contributed by atoms with Gasteiger partial charge in [-0.15, -0.1) is 10.2 Å². The van der Waals surface area contributed by atoms with E-state index in [1.807, 2.05) is 0 Å². The van der Waals surface area contributed by atoms with Crippen molar-refractivity contribution in [2.75, 3.05) is 5.75 Å². The van der Waals surface area contributed by atoms with Crippen molar-refractivity contribution in [2.45, 2.75) is 5.16 Å². The summed E-state index contributed by atoms with van der Waals surface area (Å²) < 4.78 is 1.58. The van der Waals surface area contributed by atoms with Gasteiger partial charge in [0.25, 0.3) is 0 Å². The van der Waals surface area contributed by atoms with Crippen LogP contribution in [0.1, 0.15) is 0 Å². The highest BCUT2D eigenvalue weighted by molar-refractivity contribution is 7.99. The highest BCUT2D eigenvalue weighted by Gasteiger charge is 2.15. The maximum Gasteiger partial charge on any atom is 0.313 e. The highest BCUT2D eigenvalue weighted by atomic mass is 32.2. The van der Waals surface area contributed by atoms with Gasteiger partial charge in [-0.1, -0.05) is 11.8 Å². The van der Waals surface area contributed by atoms with Crippen LogP contribution in [0.15, 0.2) is 23.4 Å². The molecule has 0 aliphatic carbocycles. The molecule has 8 heteroatoms. The number of carbonyl (C=O) groups is 1. The van der Waals surface area contributed by atoms with E-state index in [9.17, 15) is 15.0 Å². The first-order valence-electron chi connectivity index (χ1n) is 5.25. The van der Waals surface area contributed by atoms with Crippen LogP contribution in [-0.4, -0.2) is 41.8 Å². The Morgan fingerprint density at radius 1 is 1.37 bits per heavy atom. The molecule has 2 rings (SSSR count). The third kappa shape index (κ3) is 2.79. The number of hydrogen-bond acceptors (Lipinski definition) is 6. The van der Waals surface area contributed by atoms with Crippen molar-refractivity contribution in [1.29, 1.82) is 0 Å². The predicted octanol–water partition coefficient (Wildman–Crippen LogP) is 1.07. The normalized spacial score (nSPS) is 10.6. The van der Waals surface area contributed by atoms with Crippen molar-refractivity contribution in [3.05, 3.63) is 18.2 Å². The van der Waals surface area contributed by atoms with Gasteiger partial charge in [-0.2, -0.15) is 0 Å². The summed E-state index contributed by atoms with van der Waals surface area (Å²) in [7, 11) is 1.67. The second kappa shape index (κ2) is 5.19. The lowest BCUT2D eigenvalue weighted by atomic mass is 10.2. The molecule has 100 valence electrons. The number of rotatable bonds is 4. The summed E-state index contributed by atoms with van der Waals surface area (Å²) in [5.74, 6) is -0.838. The van der Waals surface area contributed by atoms with Crippen LogP contribution in [0, 0.1) is 0 Å². The molecule has 0 saturated carbocycles. The molecule has 1 aromatic carbocycles. The number of carboxylic acid groups (broad SMARTS) is 1. The number of phenols is 2. The molecule has 2 aromatic rings. The number of aromatic hydroxyl groups is 2. The largest absolute Gasteiger partial charge is 0.508 e. The molecule has 1 aromatic heterocycles. The first-order chi connectivity index (χ1) is 8.99. The molecule has 0 bridgehead atoms. The number of aliphatic carboxylic acids is 1. The van der Waals surface area contributed by atoms with Gasteiger partial charge in [0, 0.05) is 13.1 Å². The number of thioether (sulfide) groups is 1. The quantitative estimate of drug-likeness (QED) is 0.719. The van der Waals surface area contributed by atoms with Crippen molar-refractivity contribution in [2.24, 2.45) is 7.05 Å². The van der Waals surface area contributed by atoms with Crippen LogP contribution in [0.5, 0.6) is 11.5 Å². The third-order valence-corrected chi connectivity index (χ3v) is 3.39. The van der Waals surface area contributed by atoms with E-state index in [1.165, 1.54) is 18.2 Å². The van der Waals surface area contributed by atoms with Gasteiger partial charge < -0.3 is 19.9 Å². The minimum absolute atomic E-state index is 0.0519. The topological polar surface area (TPSA) is 108 Å². The van der Waals surface area contributed by atoms with Crippen molar-refractivity contribution in [3.8, 4) is 22.9 Å². The Bertz CT molecular complexity index is 626. The minimum Gasteiger partial charge on any atom is -0.508 e. The lowest BCUT2D eigenvalue weighted by Crippen LogP contribution is -2.01.